The lowest BCUT2D eigenvalue weighted by atomic mass is 9.96. The second-order valence-corrected chi connectivity index (χ2v) is 9.19. The number of fused-ring (bicyclic) bond motifs is 6. The maximum atomic E-state index is 14.8. The molecule has 0 radical (unpaired) electrons. The first-order valence-corrected chi connectivity index (χ1v) is 11.4. The number of hydrogen-bond donors (Lipinski definition) is 2. The molecule has 0 saturated heterocycles. The van der Waals surface area contributed by atoms with Gasteiger partial charge in [0.1, 0.15) is 22.3 Å². The molecule has 7 nitrogen and oxygen atoms in total. The molecule has 1 aliphatic heterocycles. The number of cyclic esters (lactones) is 1. The third-order valence-electron chi connectivity index (χ3n) is 5.07. The lowest BCUT2D eigenvalue weighted by Gasteiger charge is -2.17. The summed E-state index contributed by atoms with van der Waals surface area (Å²) in [7, 11) is -3.23. The lowest BCUT2D eigenvalue weighted by molar-refractivity contribution is 0.0509. The van der Waals surface area contributed by atoms with Crippen LogP contribution in [0.15, 0.2) is 47.4 Å². The van der Waals surface area contributed by atoms with Crippen LogP contribution < -0.4 is 9.46 Å². The van der Waals surface area contributed by atoms with E-state index in [1.807, 2.05) is 4.72 Å². The van der Waals surface area contributed by atoms with Crippen molar-refractivity contribution < 1.29 is 36.6 Å². The van der Waals surface area contributed by atoms with Crippen LogP contribution in [-0.2, 0) is 21.2 Å². The highest BCUT2D eigenvalue weighted by molar-refractivity contribution is 7.92. The summed E-state index contributed by atoms with van der Waals surface area (Å²) in [6, 6.07) is 8.23. The van der Waals surface area contributed by atoms with Gasteiger partial charge in [0.2, 0.25) is 0 Å². The van der Waals surface area contributed by atoms with E-state index in [1.165, 1.54) is 13.2 Å². The molecule has 3 aromatic carbocycles. The summed E-state index contributed by atoms with van der Waals surface area (Å²) in [5, 5.41) is 9.77. The van der Waals surface area contributed by atoms with Gasteiger partial charge >= 0.3 is 5.97 Å². The average molecular weight is 496 g/mol. The maximum Gasteiger partial charge on any atom is 0.338 e. The number of anilines is 1. The van der Waals surface area contributed by atoms with Gasteiger partial charge in [0.05, 0.1) is 30.0 Å². The fourth-order valence-corrected chi connectivity index (χ4v) is 4.90. The second kappa shape index (κ2) is 8.53. The SMILES string of the molecule is COc1ccc2c(c1)-c1cc(c(F)cc1F)NS(=O)(=O)c1cc(cc(Cl)c1O)C(=O)OCC2. The summed E-state index contributed by atoms with van der Waals surface area (Å²) < 4.78 is 67.7. The van der Waals surface area contributed by atoms with Gasteiger partial charge in [-0.2, -0.15) is 0 Å². The molecular formula is C22H16ClF2NO6S. The minimum atomic E-state index is -4.65. The van der Waals surface area contributed by atoms with E-state index in [1.54, 1.807) is 12.1 Å². The van der Waals surface area contributed by atoms with Crippen molar-refractivity contribution in [3.63, 3.8) is 0 Å². The summed E-state index contributed by atoms with van der Waals surface area (Å²) in [5.74, 6) is -3.48. The number of halogens is 3. The number of aromatic hydroxyl groups is 1. The smallest absolute Gasteiger partial charge is 0.338 e. The van der Waals surface area contributed by atoms with E-state index in [9.17, 15) is 27.1 Å². The first kappa shape index (κ1) is 22.8. The number of benzene rings is 3. The summed E-state index contributed by atoms with van der Waals surface area (Å²) in [5.41, 5.74) is -0.0669. The molecule has 4 rings (SSSR count). The number of hydrogen-bond acceptors (Lipinski definition) is 6. The highest BCUT2D eigenvalue weighted by Gasteiger charge is 2.27. The molecule has 0 aliphatic carbocycles. The Kier molecular flexibility index (Phi) is 5.89. The first-order chi connectivity index (χ1) is 15.6. The average Bonchev–Trinajstić information content (AvgIpc) is 2.76. The van der Waals surface area contributed by atoms with Crippen LogP contribution in [0.3, 0.4) is 0 Å². The van der Waals surface area contributed by atoms with Crippen molar-refractivity contribution in [3.8, 4) is 22.6 Å². The Hall–Kier alpha value is -3.37. The Labute approximate surface area is 192 Å². The molecule has 0 aromatic heterocycles. The number of phenolic OH excluding ortho intramolecular Hbond substituents is 1. The Morgan fingerprint density at radius 2 is 1.85 bits per heavy atom. The van der Waals surface area contributed by atoms with Crippen LogP contribution >= 0.6 is 11.6 Å². The monoisotopic (exact) mass is 495 g/mol. The molecule has 2 N–H and O–H groups in total. The highest BCUT2D eigenvalue weighted by Crippen LogP contribution is 2.37. The summed E-state index contributed by atoms with van der Waals surface area (Å²) >= 11 is 5.90. The fraction of sp³-hybridized carbons (Fsp3) is 0.136. The number of sulfonamides is 1. The van der Waals surface area contributed by atoms with Crippen molar-refractivity contribution in [2.45, 2.75) is 11.3 Å². The molecule has 3 aromatic rings. The Morgan fingerprint density at radius 3 is 2.58 bits per heavy atom. The van der Waals surface area contributed by atoms with Gasteiger partial charge in [-0.15, -0.1) is 0 Å². The Bertz CT molecular complexity index is 1390. The van der Waals surface area contributed by atoms with Crippen molar-refractivity contribution in [1.82, 2.24) is 0 Å². The molecule has 0 fully saturated rings. The van der Waals surface area contributed by atoms with E-state index in [0.29, 0.717) is 22.9 Å². The summed E-state index contributed by atoms with van der Waals surface area (Å²) in [6.07, 6.45) is 0.168. The lowest BCUT2D eigenvalue weighted by Crippen LogP contribution is -2.17. The van der Waals surface area contributed by atoms with Gasteiger partial charge in [-0.05, 0) is 41.5 Å². The molecular weight excluding hydrogens is 480 g/mol. The van der Waals surface area contributed by atoms with Crippen molar-refractivity contribution in [3.05, 3.63) is 70.2 Å². The largest absolute Gasteiger partial charge is 0.505 e. The van der Waals surface area contributed by atoms with Crippen molar-refractivity contribution in [2.24, 2.45) is 0 Å². The quantitative estimate of drug-likeness (QED) is 0.481. The number of ether oxygens (including phenoxy) is 2. The molecule has 1 heterocycles. The van der Waals surface area contributed by atoms with Gasteiger partial charge in [-0.3, -0.25) is 4.72 Å². The van der Waals surface area contributed by atoms with E-state index in [-0.39, 0.29) is 24.2 Å². The third kappa shape index (κ3) is 4.31. The zero-order chi connectivity index (χ0) is 23.9. The number of esters is 1. The zero-order valence-electron chi connectivity index (χ0n) is 17.0. The zero-order valence-corrected chi connectivity index (χ0v) is 18.6. The van der Waals surface area contributed by atoms with Gasteiger partial charge in [0.15, 0.2) is 5.75 Å². The Morgan fingerprint density at radius 1 is 1.09 bits per heavy atom. The molecule has 33 heavy (non-hydrogen) atoms. The minimum Gasteiger partial charge on any atom is -0.505 e. The molecule has 4 bridgehead atoms. The van der Waals surface area contributed by atoms with Crippen LogP contribution in [0.1, 0.15) is 15.9 Å². The van der Waals surface area contributed by atoms with Gasteiger partial charge in [0, 0.05) is 18.1 Å². The Balaban J connectivity index is 1.98. The molecule has 0 amide bonds. The number of rotatable bonds is 1. The number of carbonyl (C=O) groups excluding carboxylic acids is 1. The van der Waals surface area contributed by atoms with Gasteiger partial charge in [-0.1, -0.05) is 17.7 Å². The van der Waals surface area contributed by atoms with Gasteiger partial charge in [-0.25, -0.2) is 22.0 Å². The predicted molar refractivity (Wildman–Crippen MR) is 116 cm³/mol. The molecule has 1 aliphatic rings. The molecule has 0 spiro atoms. The topological polar surface area (TPSA) is 102 Å². The van der Waals surface area contributed by atoms with Crippen LogP contribution in [0, 0.1) is 11.6 Å². The summed E-state index contributed by atoms with van der Waals surface area (Å²) in [4.78, 5) is 11.7. The van der Waals surface area contributed by atoms with Crippen LogP contribution in [0.2, 0.25) is 5.02 Å². The van der Waals surface area contributed by atoms with Crippen LogP contribution in [0.25, 0.3) is 11.1 Å². The third-order valence-corrected chi connectivity index (χ3v) is 6.73. The second-order valence-electron chi connectivity index (χ2n) is 7.13. The highest BCUT2D eigenvalue weighted by atomic mass is 35.5. The number of nitrogens with one attached hydrogen (secondary N) is 1. The molecule has 0 saturated carbocycles. The molecule has 172 valence electrons. The molecule has 0 unspecified atom stereocenters. The van der Waals surface area contributed by atoms with Crippen molar-refractivity contribution in [2.75, 3.05) is 18.4 Å². The summed E-state index contributed by atoms with van der Waals surface area (Å²) in [6.45, 7) is -0.132. The minimum absolute atomic E-state index is 0.109. The van der Waals surface area contributed by atoms with E-state index in [2.05, 4.69) is 0 Å². The van der Waals surface area contributed by atoms with E-state index in [0.717, 1.165) is 18.2 Å². The van der Waals surface area contributed by atoms with Gasteiger partial charge < -0.3 is 14.6 Å². The van der Waals surface area contributed by atoms with Crippen LogP contribution in [-0.4, -0.2) is 33.2 Å². The van der Waals surface area contributed by atoms with E-state index < -0.39 is 49.0 Å². The first-order valence-electron chi connectivity index (χ1n) is 9.49. The number of phenols is 1. The molecule has 11 heteroatoms. The van der Waals surface area contributed by atoms with Crippen molar-refractivity contribution >= 4 is 33.3 Å². The van der Waals surface area contributed by atoms with Gasteiger partial charge in [0.25, 0.3) is 10.0 Å². The fourth-order valence-electron chi connectivity index (χ4n) is 3.42. The number of carbonyl (C=O) groups is 1. The number of methoxy groups -OCH3 is 1. The van der Waals surface area contributed by atoms with Crippen LogP contribution in [0.4, 0.5) is 14.5 Å². The predicted octanol–water partition coefficient (Wildman–Crippen LogP) is 4.51. The normalized spacial score (nSPS) is 15.0. The van der Waals surface area contributed by atoms with Crippen molar-refractivity contribution in [1.29, 1.82) is 0 Å². The van der Waals surface area contributed by atoms with E-state index in [4.69, 9.17) is 21.1 Å². The maximum absolute atomic E-state index is 14.8. The van der Waals surface area contributed by atoms with E-state index >= 15 is 0 Å². The van der Waals surface area contributed by atoms with Crippen LogP contribution in [0.5, 0.6) is 11.5 Å². The molecule has 0 atom stereocenters. The standard InChI is InChI=1S/C22H16ClF2NO6S/c1-31-13-3-2-11-4-5-32-22(28)12-6-16(23)21(27)20(7-12)33(29,30)26-19-9-15(14(11)8-13)17(24)10-18(19)25/h2-3,6-10,26-27H,4-5H2,1H3.